The first kappa shape index (κ1) is 20.9. The maximum atomic E-state index is 13.2. The zero-order chi connectivity index (χ0) is 20.8. The number of rotatable bonds is 6. The Kier molecular flexibility index (Phi) is 5.62. The van der Waals surface area contributed by atoms with E-state index in [4.69, 9.17) is 0 Å². The van der Waals surface area contributed by atoms with Gasteiger partial charge in [0.15, 0.2) is 5.69 Å². The third-order valence-electron chi connectivity index (χ3n) is 5.18. The molecule has 6 nitrogen and oxygen atoms in total. The number of nitrogens with zero attached hydrogens (tertiary/aromatic N) is 5. The largest absolute Gasteiger partial charge is 0.436 e. The second-order valence-electron chi connectivity index (χ2n) is 7.32. The van der Waals surface area contributed by atoms with Gasteiger partial charge >= 0.3 is 6.18 Å². The number of aryl methyl sites for hydroxylation is 3. The third-order valence-corrected chi connectivity index (χ3v) is 5.96. The summed E-state index contributed by atoms with van der Waals surface area (Å²) in [5.41, 5.74) is 2.46. The van der Waals surface area contributed by atoms with E-state index in [9.17, 15) is 18.0 Å². The first-order chi connectivity index (χ1) is 13.0. The number of carbonyl (C=O) groups is 1. The van der Waals surface area contributed by atoms with Gasteiger partial charge in [0.2, 0.25) is 5.91 Å². The number of aromatic nitrogens is 4. The zero-order valence-corrected chi connectivity index (χ0v) is 17.9. The Morgan fingerprint density at radius 2 is 1.93 bits per heavy atom. The molecule has 28 heavy (non-hydrogen) atoms. The highest BCUT2D eigenvalue weighted by atomic mass is 79.9. The number of alkyl halides is 3. The van der Waals surface area contributed by atoms with Gasteiger partial charge in [0.05, 0.1) is 22.4 Å². The lowest BCUT2D eigenvalue weighted by Crippen LogP contribution is -2.28. The molecule has 2 aromatic rings. The Bertz CT molecular complexity index is 898. The molecule has 0 saturated heterocycles. The molecule has 2 heterocycles. The second kappa shape index (κ2) is 7.53. The van der Waals surface area contributed by atoms with E-state index in [0.29, 0.717) is 12.2 Å². The van der Waals surface area contributed by atoms with Gasteiger partial charge in [-0.15, -0.1) is 0 Å². The molecule has 0 radical (unpaired) electrons. The van der Waals surface area contributed by atoms with Crippen LogP contribution in [0.4, 0.5) is 13.2 Å². The quantitative estimate of drug-likeness (QED) is 0.654. The van der Waals surface area contributed by atoms with E-state index >= 15 is 0 Å². The molecular formula is C18H23BrF3N5O. The molecule has 1 aliphatic carbocycles. The smallest absolute Gasteiger partial charge is 0.341 e. The molecule has 0 bridgehead atoms. The fourth-order valence-electron chi connectivity index (χ4n) is 3.32. The highest BCUT2D eigenvalue weighted by Gasteiger charge is 2.41. The van der Waals surface area contributed by atoms with Crippen molar-refractivity contribution in [3.8, 4) is 0 Å². The van der Waals surface area contributed by atoms with Gasteiger partial charge in [0.25, 0.3) is 0 Å². The summed E-state index contributed by atoms with van der Waals surface area (Å²) in [6, 6.07) is 0. The number of halogens is 4. The molecule has 154 valence electrons. The molecule has 0 aliphatic heterocycles. The number of amides is 1. The molecule has 0 aromatic carbocycles. The highest BCUT2D eigenvalue weighted by molar-refractivity contribution is 9.10. The van der Waals surface area contributed by atoms with Crippen LogP contribution >= 0.6 is 15.9 Å². The molecule has 2 aromatic heterocycles. The third kappa shape index (κ3) is 4.11. The first-order valence-corrected chi connectivity index (χ1v) is 9.86. The van der Waals surface area contributed by atoms with Crippen LogP contribution in [0.2, 0.25) is 0 Å². The Morgan fingerprint density at radius 1 is 1.29 bits per heavy atom. The molecule has 10 heteroatoms. The van der Waals surface area contributed by atoms with E-state index in [2.05, 4.69) is 26.1 Å². The molecule has 1 aliphatic rings. The van der Waals surface area contributed by atoms with E-state index in [-0.39, 0.29) is 29.3 Å². The van der Waals surface area contributed by atoms with Gasteiger partial charge in [-0.1, -0.05) is 0 Å². The predicted molar refractivity (Wildman–Crippen MR) is 101 cm³/mol. The van der Waals surface area contributed by atoms with Crippen LogP contribution in [0.5, 0.6) is 0 Å². The molecule has 1 fully saturated rings. The fourth-order valence-corrected chi connectivity index (χ4v) is 4.15. The molecule has 1 saturated carbocycles. The zero-order valence-electron chi connectivity index (χ0n) is 16.3. The van der Waals surface area contributed by atoms with Crippen molar-refractivity contribution in [1.29, 1.82) is 0 Å². The van der Waals surface area contributed by atoms with E-state index in [1.54, 1.807) is 16.6 Å². The summed E-state index contributed by atoms with van der Waals surface area (Å²) in [5.74, 6) is -0.0731. The van der Waals surface area contributed by atoms with Gasteiger partial charge in [0, 0.05) is 44.2 Å². The normalized spacial score (nSPS) is 14.6. The number of hydrogen-bond donors (Lipinski definition) is 0. The lowest BCUT2D eigenvalue weighted by atomic mass is 10.2. The van der Waals surface area contributed by atoms with Crippen LogP contribution in [0.25, 0.3) is 0 Å². The van der Waals surface area contributed by atoms with Crippen LogP contribution in [0.15, 0.2) is 4.47 Å². The molecule has 0 spiro atoms. The fraction of sp³-hybridized carbons (Fsp3) is 0.611. The van der Waals surface area contributed by atoms with Crippen molar-refractivity contribution in [3.05, 3.63) is 32.8 Å². The molecule has 3 rings (SSSR count). The molecule has 0 N–H and O–H groups in total. The van der Waals surface area contributed by atoms with Gasteiger partial charge < -0.3 is 4.90 Å². The van der Waals surface area contributed by atoms with Crippen LogP contribution in [-0.2, 0) is 31.1 Å². The SMILES string of the molecule is Cc1nn(C)c(C)c1CN(C)C(=O)CCn1nc(C(F)(F)F)c(Br)c1C1CC1. The van der Waals surface area contributed by atoms with Crippen molar-refractivity contribution in [1.82, 2.24) is 24.5 Å². The monoisotopic (exact) mass is 461 g/mol. The van der Waals surface area contributed by atoms with Crippen molar-refractivity contribution in [2.24, 2.45) is 7.05 Å². The van der Waals surface area contributed by atoms with Gasteiger partial charge in [-0.05, 0) is 42.6 Å². The van der Waals surface area contributed by atoms with Crippen molar-refractivity contribution < 1.29 is 18.0 Å². The second-order valence-corrected chi connectivity index (χ2v) is 8.11. The van der Waals surface area contributed by atoms with Crippen LogP contribution in [-0.4, -0.2) is 37.4 Å². The predicted octanol–water partition coefficient (Wildman–Crippen LogP) is 3.94. The summed E-state index contributed by atoms with van der Waals surface area (Å²) in [7, 11) is 3.54. The minimum absolute atomic E-state index is 0.00455. The van der Waals surface area contributed by atoms with Crippen molar-refractivity contribution in [3.63, 3.8) is 0 Å². The Balaban J connectivity index is 1.70. The van der Waals surface area contributed by atoms with E-state index in [1.165, 1.54) is 4.68 Å². The van der Waals surface area contributed by atoms with Crippen molar-refractivity contribution in [2.75, 3.05) is 7.05 Å². The van der Waals surface area contributed by atoms with Crippen LogP contribution < -0.4 is 0 Å². The lowest BCUT2D eigenvalue weighted by Gasteiger charge is -2.18. The number of hydrogen-bond acceptors (Lipinski definition) is 3. The summed E-state index contributed by atoms with van der Waals surface area (Å²) in [6.07, 6.45) is -2.76. The number of carbonyl (C=O) groups excluding carboxylic acids is 1. The molecular weight excluding hydrogens is 439 g/mol. The summed E-state index contributed by atoms with van der Waals surface area (Å²) >= 11 is 3.07. The lowest BCUT2D eigenvalue weighted by molar-refractivity contribution is -0.142. The van der Waals surface area contributed by atoms with Crippen molar-refractivity contribution >= 4 is 21.8 Å². The molecule has 0 unspecified atom stereocenters. The van der Waals surface area contributed by atoms with Gasteiger partial charge in [-0.3, -0.25) is 14.2 Å². The van der Waals surface area contributed by atoms with Gasteiger partial charge in [-0.2, -0.15) is 23.4 Å². The topological polar surface area (TPSA) is 56.0 Å². The highest BCUT2D eigenvalue weighted by Crippen LogP contribution is 2.47. The minimum Gasteiger partial charge on any atom is -0.341 e. The summed E-state index contributed by atoms with van der Waals surface area (Å²) in [4.78, 5) is 14.1. The standard InChI is InChI=1S/C18H23BrF3N5O/c1-10-13(11(2)26(4)23-10)9-25(3)14(28)7-8-27-16(12-5-6-12)15(19)17(24-27)18(20,21)22/h12H,5-9H2,1-4H3. The Hall–Kier alpha value is -1.84. The maximum Gasteiger partial charge on any atom is 0.436 e. The molecule has 1 amide bonds. The maximum absolute atomic E-state index is 13.2. The molecule has 0 atom stereocenters. The average Bonchev–Trinajstić information content (AvgIpc) is 3.33. The van der Waals surface area contributed by atoms with Crippen LogP contribution in [0.1, 0.15) is 53.5 Å². The average molecular weight is 462 g/mol. The van der Waals surface area contributed by atoms with Gasteiger partial charge in [0.1, 0.15) is 0 Å². The van der Waals surface area contributed by atoms with E-state index < -0.39 is 11.9 Å². The van der Waals surface area contributed by atoms with Crippen LogP contribution in [0, 0.1) is 13.8 Å². The summed E-state index contributed by atoms with van der Waals surface area (Å²) < 4.78 is 42.7. The van der Waals surface area contributed by atoms with Gasteiger partial charge in [-0.25, -0.2) is 0 Å². The van der Waals surface area contributed by atoms with E-state index in [1.807, 2.05) is 20.9 Å². The minimum atomic E-state index is -4.52. The summed E-state index contributed by atoms with van der Waals surface area (Å²) in [5, 5.41) is 8.09. The Labute approximate surface area is 169 Å². The first-order valence-electron chi connectivity index (χ1n) is 9.07. The Morgan fingerprint density at radius 3 is 2.43 bits per heavy atom. The van der Waals surface area contributed by atoms with Crippen molar-refractivity contribution in [2.45, 2.75) is 58.3 Å². The summed E-state index contributed by atoms with van der Waals surface area (Å²) in [6.45, 7) is 4.36. The van der Waals surface area contributed by atoms with E-state index in [0.717, 1.165) is 29.8 Å². The van der Waals surface area contributed by atoms with Crippen LogP contribution in [0.3, 0.4) is 0 Å².